The van der Waals surface area contributed by atoms with Crippen LogP contribution >= 0.6 is 0 Å². The molecule has 2 unspecified atom stereocenters. The third-order valence-electron chi connectivity index (χ3n) is 2.89. The zero-order chi connectivity index (χ0) is 12.8. The zero-order valence-corrected chi connectivity index (χ0v) is 11.6. The van der Waals surface area contributed by atoms with Crippen LogP contribution in [0.25, 0.3) is 0 Å². The fraction of sp³-hybridized carbons (Fsp3) is 1.00. The summed E-state index contributed by atoms with van der Waals surface area (Å²) < 4.78 is 29.1. The average Bonchev–Trinajstić information content (AvgIpc) is 2.22. The lowest BCUT2D eigenvalue weighted by Crippen LogP contribution is -2.31. The molecule has 0 saturated carbocycles. The maximum absolute atomic E-state index is 11.9. The van der Waals surface area contributed by atoms with Crippen LogP contribution in [0.4, 0.5) is 0 Å². The fourth-order valence-electron chi connectivity index (χ4n) is 1.40. The lowest BCUT2D eigenvalue weighted by molar-refractivity contribution is 0.0670. The van der Waals surface area contributed by atoms with Gasteiger partial charge in [0.15, 0.2) is 9.84 Å². The molecule has 0 aromatic carbocycles. The van der Waals surface area contributed by atoms with Crippen molar-refractivity contribution >= 4 is 9.84 Å². The van der Waals surface area contributed by atoms with E-state index in [4.69, 9.17) is 10.5 Å². The van der Waals surface area contributed by atoms with Gasteiger partial charge in [-0.15, -0.1) is 0 Å². The maximum atomic E-state index is 11.9. The summed E-state index contributed by atoms with van der Waals surface area (Å²) in [5.41, 5.74) is 5.50. The molecule has 0 aliphatic heterocycles. The monoisotopic (exact) mass is 251 g/mol. The quantitative estimate of drug-likeness (QED) is 0.704. The molecule has 0 heterocycles. The molecule has 0 aliphatic rings. The van der Waals surface area contributed by atoms with E-state index in [1.54, 1.807) is 6.92 Å². The third-order valence-corrected chi connectivity index (χ3v) is 5.38. The van der Waals surface area contributed by atoms with Crippen LogP contribution in [0.15, 0.2) is 0 Å². The number of nitrogens with two attached hydrogens (primary N) is 1. The van der Waals surface area contributed by atoms with E-state index < -0.39 is 9.84 Å². The molecule has 0 radical (unpaired) electrons. The highest BCUT2D eigenvalue weighted by Gasteiger charge is 2.24. The summed E-state index contributed by atoms with van der Waals surface area (Å²) in [7, 11) is -3.02. The Labute approximate surface area is 99.5 Å². The summed E-state index contributed by atoms with van der Waals surface area (Å²) in [6.07, 6.45) is 0.350. The summed E-state index contributed by atoms with van der Waals surface area (Å²) in [6.45, 7) is 8.43. The smallest absolute Gasteiger partial charge is 0.153 e. The summed E-state index contributed by atoms with van der Waals surface area (Å²) in [5, 5.41) is -0.299. The van der Waals surface area contributed by atoms with E-state index in [0.29, 0.717) is 19.6 Å². The maximum Gasteiger partial charge on any atom is 0.153 e. The minimum atomic E-state index is -3.02. The van der Waals surface area contributed by atoms with Crippen molar-refractivity contribution < 1.29 is 13.2 Å². The van der Waals surface area contributed by atoms with Crippen LogP contribution in [0.1, 0.15) is 34.1 Å². The number of ether oxygens (including phenoxy) is 1. The van der Waals surface area contributed by atoms with E-state index in [1.165, 1.54) is 0 Å². The predicted octanol–water partition coefficient (Wildman–Crippen LogP) is 1.20. The summed E-state index contributed by atoms with van der Waals surface area (Å²) in [6, 6.07) is 0. The fourth-order valence-corrected chi connectivity index (χ4v) is 3.19. The van der Waals surface area contributed by atoms with E-state index >= 15 is 0 Å². The third kappa shape index (κ3) is 5.27. The first-order valence-corrected chi connectivity index (χ1v) is 7.59. The van der Waals surface area contributed by atoms with Crippen LogP contribution in [0.3, 0.4) is 0 Å². The second-order valence-corrected chi connectivity index (χ2v) is 6.90. The molecular formula is C11H25NO3S. The molecule has 0 aromatic rings. The lowest BCUT2D eigenvalue weighted by Gasteiger charge is -2.19. The molecule has 0 rings (SSSR count). The minimum absolute atomic E-state index is 0.140. The topological polar surface area (TPSA) is 69.4 Å². The van der Waals surface area contributed by atoms with Crippen LogP contribution in [-0.2, 0) is 14.6 Å². The van der Waals surface area contributed by atoms with Crippen LogP contribution in [0, 0.1) is 5.92 Å². The highest BCUT2D eigenvalue weighted by Crippen LogP contribution is 2.14. The number of sulfone groups is 1. The van der Waals surface area contributed by atoms with Crippen molar-refractivity contribution in [2.75, 3.05) is 18.9 Å². The molecule has 0 spiro atoms. The highest BCUT2D eigenvalue weighted by molar-refractivity contribution is 7.92. The largest absolute Gasteiger partial charge is 0.377 e. The number of hydrogen-bond acceptors (Lipinski definition) is 4. The Kier molecular flexibility index (Phi) is 7.19. The molecule has 0 aromatic heterocycles. The number of hydrogen-bond donors (Lipinski definition) is 1. The van der Waals surface area contributed by atoms with Gasteiger partial charge in [0.2, 0.25) is 0 Å². The Balaban J connectivity index is 4.27. The molecule has 5 heteroatoms. The van der Waals surface area contributed by atoms with Gasteiger partial charge in [0, 0.05) is 13.2 Å². The van der Waals surface area contributed by atoms with Crippen LogP contribution in [0.2, 0.25) is 0 Å². The Bertz CT molecular complexity index is 275. The van der Waals surface area contributed by atoms with Crippen LogP contribution < -0.4 is 5.73 Å². The van der Waals surface area contributed by atoms with Gasteiger partial charge in [-0.1, -0.05) is 13.8 Å². The zero-order valence-electron chi connectivity index (χ0n) is 10.8. The standard InChI is InChI=1S/C11H25NO3S/c1-5-15-11(8-12)6-7-16(13,14)10(4)9(2)3/h9-11H,5-8,12H2,1-4H3. The van der Waals surface area contributed by atoms with Crippen molar-refractivity contribution in [3.63, 3.8) is 0 Å². The first kappa shape index (κ1) is 15.9. The van der Waals surface area contributed by atoms with Gasteiger partial charge in [-0.2, -0.15) is 0 Å². The van der Waals surface area contributed by atoms with Crippen molar-refractivity contribution in [1.29, 1.82) is 0 Å². The van der Waals surface area contributed by atoms with E-state index in [0.717, 1.165) is 0 Å². The molecule has 0 bridgehead atoms. The lowest BCUT2D eigenvalue weighted by atomic mass is 10.2. The molecule has 98 valence electrons. The van der Waals surface area contributed by atoms with Crippen molar-refractivity contribution in [2.24, 2.45) is 11.7 Å². The van der Waals surface area contributed by atoms with Gasteiger partial charge in [0.1, 0.15) is 0 Å². The van der Waals surface area contributed by atoms with Gasteiger partial charge < -0.3 is 10.5 Å². The summed E-state index contributed by atoms with van der Waals surface area (Å²) in [5.74, 6) is 0.308. The number of rotatable bonds is 8. The predicted molar refractivity (Wildman–Crippen MR) is 67.2 cm³/mol. The second-order valence-electron chi connectivity index (χ2n) is 4.42. The van der Waals surface area contributed by atoms with E-state index in [-0.39, 0.29) is 23.0 Å². The molecule has 16 heavy (non-hydrogen) atoms. The molecule has 0 amide bonds. The molecule has 2 atom stereocenters. The average molecular weight is 251 g/mol. The van der Waals surface area contributed by atoms with Crippen LogP contribution in [0.5, 0.6) is 0 Å². The second kappa shape index (κ2) is 7.25. The van der Waals surface area contributed by atoms with Crippen LogP contribution in [-0.4, -0.2) is 38.7 Å². The molecule has 0 aliphatic carbocycles. The highest BCUT2D eigenvalue weighted by atomic mass is 32.2. The minimum Gasteiger partial charge on any atom is -0.377 e. The van der Waals surface area contributed by atoms with Gasteiger partial charge in [-0.25, -0.2) is 8.42 Å². The Hall–Kier alpha value is -0.130. The van der Waals surface area contributed by atoms with E-state index in [2.05, 4.69) is 0 Å². The van der Waals surface area contributed by atoms with Crippen molar-refractivity contribution in [2.45, 2.75) is 45.5 Å². The Morgan fingerprint density at radius 3 is 2.19 bits per heavy atom. The van der Waals surface area contributed by atoms with Gasteiger partial charge in [0.05, 0.1) is 17.1 Å². The van der Waals surface area contributed by atoms with Gasteiger partial charge in [0.25, 0.3) is 0 Å². The SMILES string of the molecule is CCOC(CN)CCS(=O)(=O)C(C)C(C)C. The van der Waals surface area contributed by atoms with Crippen molar-refractivity contribution in [3.05, 3.63) is 0 Å². The molecule has 0 saturated heterocycles. The van der Waals surface area contributed by atoms with Crippen molar-refractivity contribution in [1.82, 2.24) is 0 Å². The molecule has 0 fully saturated rings. The van der Waals surface area contributed by atoms with E-state index in [9.17, 15) is 8.42 Å². The Morgan fingerprint density at radius 2 is 1.81 bits per heavy atom. The molecule has 2 N–H and O–H groups in total. The molecule has 4 nitrogen and oxygen atoms in total. The normalized spacial score (nSPS) is 16.4. The van der Waals surface area contributed by atoms with Gasteiger partial charge >= 0.3 is 0 Å². The summed E-state index contributed by atoms with van der Waals surface area (Å²) in [4.78, 5) is 0. The van der Waals surface area contributed by atoms with E-state index in [1.807, 2.05) is 20.8 Å². The van der Waals surface area contributed by atoms with Gasteiger partial charge in [-0.3, -0.25) is 0 Å². The van der Waals surface area contributed by atoms with Gasteiger partial charge in [-0.05, 0) is 26.2 Å². The van der Waals surface area contributed by atoms with Crippen molar-refractivity contribution in [3.8, 4) is 0 Å². The first-order valence-electron chi connectivity index (χ1n) is 5.88. The first-order chi connectivity index (χ1) is 7.35. The Morgan fingerprint density at radius 1 is 1.25 bits per heavy atom. The molecular weight excluding hydrogens is 226 g/mol. The summed E-state index contributed by atoms with van der Waals surface area (Å²) >= 11 is 0.